The minimum atomic E-state index is -0.452. The Morgan fingerprint density at radius 2 is 1.69 bits per heavy atom. The molecule has 1 saturated carbocycles. The van der Waals surface area contributed by atoms with E-state index in [4.69, 9.17) is 0 Å². The summed E-state index contributed by atoms with van der Waals surface area (Å²) in [6.45, 7) is 4.49. The third-order valence-electron chi connectivity index (χ3n) is 5.89. The van der Waals surface area contributed by atoms with E-state index in [9.17, 15) is 9.59 Å². The number of nitrogens with one attached hydrogen (secondary N) is 1. The van der Waals surface area contributed by atoms with Crippen LogP contribution < -0.4 is 5.32 Å². The van der Waals surface area contributed by atoms with E-state index in [2.05, 4.69) is 18.3 Å². The number of amides is 2. The van der Waals surface area contributed by atoms with Gasteiger partial charge < -0.3 is 10.2 Å². The van der Waals surface area contributed by atoms with Crippen LogP contribution in [-0.2, 0) is 22.6 Å². The molecule has 1 aliphatic carbocycles. The van der Waals surface area contributed by atoms with Crippen LogP contribution in [0.15, 0.2) is 54.6 Å². The highest BCUT2D eigenvalue weighted by Gasteiger charge is 2.30. The van der Waals surface area contributed by atoms with Gasteiger partial charge in [-0.3, -0.25) is 9.59 Å². The maximum absolute atomic E-state index is 13.3. The number of rotatable bonds is 8. The van der Waals surface area contributed by atoms with Crippen molar-refractivity contribution in [3.63, 3.8) is 0 Å². The van der Waals surface area contributed by atoms with Crippen molar-refractivity contribution in [2.24, 2.45) is 0 Å². The minimum absolute atomic E-state index is 0.00660. The van der Waals surface area contributed by atoms with Crippen LogP contribution in [0.5, 0.6) is 0 Å². The van der Waals surface area contributed by atoms with Gasteiger partial charge in [0.05, 0.1) is 6.42 Å². The fourth-order valence-electron chi connectivity index (χ4n) is 4.13. The van der Waals surface area contributed by atoms with Gasteiger partial charge in [-0.05, 0) is 42.9 Å². The number of carbonyl (C=O) groups excluding carboxylic acids is 2. The van der Waals surface area contributed by atoms with Crippen molar-refractivity contribution in [2.45, 2.75) is 71.0 Å². The van der Waals surface area contributed by atoms with Crippen molar-refractivity contribution in [1.82, 2.24) is 10.2 Å². The smallest absolute Gasteiger partial charge is 0.243 e. The van der Waals surface area contributed by atoms with E-state index in [0.717, 1.165) is 29.5 Å². The summed E-state index contributed by atoms with van der Waals surface area (Å²) >= 11 is 0. The molecule has 2 aromatic rings. The Kier molecular flexibility index (Phi) is 7.45. The molecule has 1 atom stereocenters. The van der Waals surface area contributed by atoms with Crippen molar-refractivity contribution in [3.05, 3.63) is 71.3 Å². The molecule has 1 fully saturated rings. The van der Waals surface area contributed by atoms with Crippen LogP contribution in [0.25, 0.3) is 0 Å². The highest BCUT2D eigenvalue weighted by atomic mass is 16.2. The maximum Gasteiger partial charge on any atom is 0.243 e. The third kappa shape index (κ3) is 5.69. The van der Waals surface area contributed by atoms with Crippen LogP contribution in [0.3, 0.4) is 0 Å². The molecular weight excluding hydrogens is 360 g/mol. The fraction of sp³-hybridized carbons (Fsp3) is 0.440. The van der Waals surface area contributed by atoms with E-state index >= 15 is 0 Å². The lowest BCUT2D eigenvalue weighted by Gasteiger charge is -2.32. The normalized spacial score (nSPS) is 15.1. The molecule has 0 aliphatic heterocycles. The Morgan fingerprint density at radius 3 is 2.34 bits per heavy atom. The predicted octanol–water partition coefficient (Wildman–Crippen LogP) is 4.40. The van der Waals surface area contributed by atoms with Gasteiger partial charge in [0, 0.05) is 12.6 Å². The Balaban J connectivity index is 1.82. The summed E-state index contributed by atoms with van der Waals surface area (Å²) in [6.07, 6.45) is 5.32. The standard InChI is InChI=1S/C25H32N2O2/c1-3-23(25(29)26-22-15-9-10-16-22)27(18-21-14-8-7-11-19(21)2)24(28)17-20-12-5-4-6-13-20/h4-8,11-14,22-23H,3,9-10,15-18H2,1-2H3,(H,26,29)/t23-/m0/s1. The van der Waals surface area contributed by atoms with Crippen LogP contribution in [0.1, 0.15) is 55.7 Å². The number of aryl methyl sites for hydroxylation is 1. The van der Waals surface area contributed by atoms with Crippen molar-refractivity contribution >= 4 is 11.8 Å². The summed E-state index contributed by atoms with van der Waals surface area (Å²) in [4.78, 5) is 28.2. The summed E-state index contributed by atoms with van der Waals surface area (Å²) in [6, 6.07) is 17.6. The molecular formula is C25H32N2O2. The molecule has 0 aromatic heterocycles. The van der Waals surface area contributed by atoms with E-state index in [-0.39, 0.29) is 17.9 Å². The first kappa shape index (κ1) is 21.1. The molecule has 0 unspecified atom stereocenters. The molecule has 4 nitrogen and oxygen atoms in total. The number of carbonyl (C=O) groups is 2. The average molecular weight is 393 g/mol. The van der Waals surface area contributed by atoms with Gasteiger partial charge in [0.15, 0.2) is 0 Å². The molecule has 4 heteroatoms. The summed E-state index contributed by atoms with van der Waals surface area (Å²) in [5.74, 6) is -0.0257. The second-order valence-corrected chi connectivity index (χ2v) is 8.02. The van der Waals surface area contributed by atoms with Crippen molar-refractivity contribution in [1.29, 1.82) is 0 Å². The van der Waals surface area contributed by atoms with Crippen LogP contribution >= 0.6 is 0 Å². The van der Waals surface area contributed by atoms with Crippen LogP contribution in [-0.4, -0.2) is 28.8 Å². The first-order valence-corrected chi connectivity index (χ1v) is 10.8. The Morgan fingerprint density at radius 1 is 1.03 bits per heavy atom. The van der Waals surface area contributed by atoms with Crippen LogP contribution in [0.2, 0.25) is 0 Å². The van der Waals surface area contributed by atoms with E-state index in [1.807, 2.05) is 55.5 Å². The topological polar surface area (TPSA) is 49.4 Å². The van der Waals surface area contributed by atoms with Gasteiger partial charge in [0.1, 0.15) is 6.04 Å². The SMILES string of the molecule is CC[C@@H](C(=O)NC1CCCC1)N(Cc1ccccc1C)C(=O)Cc1ccccc1. The van der Waals surface area contributed by atoms with Gasteiger partial charge >= 0.3 is 0 Å². The molecule has 2 amide bonds. The number of nitrogens with zero attached hydrogens (tertiary/aromatic N) is 1. The monoisotopic (exact) mass is 392 g/mol. The summed E-state index contributed by atoms with van der Waals surface area (Å²) in [5, 5.41) is 3.20. The zero-order valence-corrected chi connectivity index (χ0v) is 17.6. The zero-order chi connectivity index (χ0) is 20.6. The first-order chi connectivity index (χ1) is 14.1. The predicted molar refractivity (Wildman–Crippen MR) is 116 cm³/mol. The lowest BCUT2D eigenvalue weighted by Crippen LogP contribution is -2.51. The largest absolute Gasteiger partial charge is 0.352 e. The Hall–Kier alpha value is -2.62. The Labute approximate surface area is 174 Å². The first-order valence-electron chi connectivity index (χ1n) is 10.8. The van der Waals surface area contributed by atoms with Crippen molar-refractivity contribution in [3.8, 4) is 0 Å². The fourth-order valence-corrected chi connectivity index (χ4v) is 4.13. The van der Waals surface area contributed by atoms with E-state index in [1.54, 1.807) is 4.90 Å². The van der Waals surface area contributed by atoms with Crippen LogP contribution in [0, 0.1) is 6.92 Å². The number of hydrogen-bond donors (Lipinski definition) is 1. The molecule has 0 bridgehead atoms. The van der Waals surface area contributed by atoms with E-state index in [1.165, 1.54) is 12.8 Å². The minimum Gasteiger partial charge on any atom is -0.352 e. The quantitative estimate of drug-likeness (QED) is 0.724. The van der Waals surface area contributed by atoms with Crippen LogP contribution in [0.4, 0.5) is 0 Å². The summed E-state index contributed by atoms with van der Waals surface area (Å²) < 4.78 is 0. The van der Waals surface area contributed by atoms with Gasteiger partial charge in [-0.25, -0.2) is 0 Å². The summed E-state index contributed by atoms with van der Waals surface area (Å²) in [7, 11) is 0. The number of hydrogen-bond acceptors (Lipinski definition) is 2. The molecule has 0 heterocycles. The van der Waals surface area contributed by atoms with Crippen molar-refractivity contribution < 1.29 is 9.59 Å². The maximum atomic E-state index is 13.3. The van der Waals surface area contributed by atoms with Gasteiger partial charge in [-0.1, -0.05) is 74.4 Å². The van der Waals surface area contributed by atoms with E-state index < -0.39 is 6.04 Å². The molecule has 1 N–H and O–H groups in total. The lowest BCUT2D eigenvalue weighted by molar-refractivity contribution is -0.141. The zero-order valence-electron chi connectivity index (χ0n) is 17.6. The average Bonchev–Trinajstić information content (AvgIpc) is 3.23. The Bertz CT molecular complexity index is 813. The molecule has 0 saturated heterocycles. The van der Waals surface area contributed by atoms with Crippen molar-refractivity contribution in [2.75, 3.05) is 0 Å². The van der Waals surface area contributed by atoms with E-state index in [0.29, 0.717) is 19.4 Å². The summed E-state index contributed by atoms with van der Waals surface area (Å²) in [5.41, 5.74) is 3.19. The highest BCUT2D eigenvalue weighted by Crippen LogP contribution is 2.20. The van der Waals surface area contributed by atoms with Gasteiger partial charge in [-0.2, -0.15) is 0 Å². The molecule has 2 aromatic carbocycles. The molecule has 1 aliphatic rings. The third-order valence-corrected chi connectivity index (χ3v) is 5.89. The lowest BCUT2D eigenvalue weighted by atomic mass is 10.0. The number of benzene rings is 2. The van der Waals surface area contributed by atoms with Gasteiger partial charge in [0.25, 0.3) is 0 Å². The second kappa shape index (κ2) is 10.2. The van der Waals surface area contributed by atoms with Gasteiger partial charge in [0.2, 0.25) is 11.8 Å². The molecule has 0 spiro atoms. The molecule has 0 radical (unpaired) electrons. The highest BCUT2D eigenvalue weighted by molar-refractivity contribution is 5.88. The molecule has 154 valence electrons. The molecule has 29 heavy (non-hydrogen) atoms. The van der Waals surface area contributed by atoms with Gasteiger partial charge in [-0.15, -0.1) is 0 Å². The second-order valence-electron chi connectivity index (χ2n) is 8.02. The molecule has 3 rings (SSSR count).